The highest BCUT2D eigenvalue weighted by molar-refractivity contribution is 7.15. The predicted molar refractivity (Wildman–Crippen MR) is 147 cm³/mol. The van der Waals surface area contributed by atoms with Gasteiger partial charge in [0.15, 0.2) is 0 Å². The summed E-state index contributed by atoms with van der Waals surface area (Å²) in [6, 6.07) is 18.2. The molecule has 1 amide bonds. The van der Waals surface area contributed by atoms with Crippen molar-refractivity contribution < 1.29 is 38.9 Å². The lowest BCUT2D eigenvalue weighted by Gasteiger charge is -2.11. The number of carboxylic acid groups (broad SMARTS) is 2. The summed E-state index contributed by atoms with van der Waals surface area (Å²) in [5, 5.41) is 23.2. The maximum absolute atomic E-state index is 12.8. The lowest BCUT2D eigenvalue weighted by Crippen LogP contribution is -2.33. The van der Waals surface area contributed by atoms with Crippen LogP contribution in [0.3, 0.4) is 0 Å². The third-order valence-corrected chi connectivity index (χ3v) is 6.59. The molecule has 10 nitrogen and oxygen atoms in total. The molecule has 3 aromatic rings. The molecule has 0 radical (unpaired) electrons. The molecule has 39 heavy (non-hydrogen) atoms. The zero-order valence-corrected chi connectivity index (χ0v) is 22.2. The minimum absolute atomic E-state index is 0.154. The molecule has 1 aliphatic heterocycles. The highest BCUT2D eigenvalue weighted by atomic mass is 32.1. The Morgan fingerprint density at radius 2 is 1.62 bits per heavy atom. The molecule has 0 bridgehead atoms. The van der Waals surface area contributed by atoms with Crippen LogP contribution < -0.4 is 10.6 Å². The second kappa shape index (κ2) is 14.8. The molecule has 0 spiro atoms. The van der Waals surface area contributed by atoms with Gasteiger partial charge in [-0.1, -0.05) is 54.6 Å². The summed E-state index contributed by atoms with van der Waals surface area (Å²) in [5.74, 6) is -4.29. The van der Waals surface area contributed by atoms with E-state index in [1.54, 1.807) is 6.92 Å². The fourth-order valence-electron chi connectivity index (χ4n) is 3.86. The maximum Gasteiger partial charge on any atom is 0.414 e. The molecule has 1 fully saturated rings. The maximum atomic E-state index is 12.8. The van der Waals surface area contributed by atoms with Crippen LogP contribution in [0.5, 0.6) is 0 Å². The Morgan fingerprint density at radius 3 is 2.21 bits per heavy atom. The summed E-state index contributed by atoms with van der Waals surface area (Å²) in [4.78, 5) is 43.5. The van der Waals surface area contributed by atoms with Gasteiger partial charge in [-0.25, -0.2) is 14.4 Å². The van der Waals surface area contributed by atoms with Gasteiger partial charge in [0, 0.05) is 24.1 Å². The largest absolute Gasteiger partial charge is 0.473 e. The van der Waals surface area contributed by atoms with Gasteiger partial charge in [0.05, 0.1) is 19.3 Å². The minimum Gasteiger partial charge on any atom is -0.473 e. The number of thiophene rings is 1. The first-order valence-corrected chi connectivity index (χ1v) is 13.2. The predicted octanol–water partition coefficient (Wildman–Crippen LogP) is 4.12. The summed E-state index contributed by atoms with van der Waals surface area (Å²) >= 11 is 1.33. The number of ether oxygens (including phenoxy) is 2. The second-order valence-electron chi connectivity index (χ2n) is 8.44. The van der Waals surface area contributed by atoms with Gasteiger partial charge in [0.25, 0.3) is 0 Å². The van der Waals surface area contributed by atoms with Gasteiger partial charge in [0.1, 0.15) is 10.6 Å². The Morgan fingerprint density at radius 1 is 0.974 bits per heavy atom. The number of hydrogen-bond donors (Lipinski definition) is 4. The second-order valence-corrected chi connectivity index (χ2v) is 9.32. The van der Waals surface area contributed by atoms with Crippen LogP contribution in [0.4, 0.5) is 5.00 Å². The smallest absolute Gasteiger partial charge is 0.414 e. The van der Waals surface area contributed by atoms with E-state index in [0.29, 0.717) is 17.1 Å². The van der Waals surface area contributed by atoms with Gasteiger partial charge >= 0.3 is 17.9 Å². The van der Waals surface area contributed by atoms with E-state index in [0.717, 1.165) is 41.7 Å². The molecule has 4 N–H and O–H groups in total. The molecule has 0 aliphatic carbocycles. The monoisotopic (exact) mass is 554 g/mol. The molecule has 206 valence electrons. The SMILES string of the molecule is CCOC(=O)c1c(-c2ccc(-c3ccccc3)cc2)csc1NC(=O)CNCC1CCCO1.O=C(O)C(=O)O. The van der Waals surface area contributed by atoms with Crippen LogP contribution in [0.2, 0.25) is 0 Å². The number of carboxylic acids is 2. The zero-order chi connectivity index (χ0) is 28.2. The first kappa shape index (κ1) is 29.5. The van der Waals surface area contributed by atoms with Gasteiger partial charge < -0.3 is 30.3 Å². The molecular weight excluding hydrogens is 524 g/mol. The summed E-state index contributed by atoms with van der Waals surface area (Å²) < 4.78 is 10.9. The van der Waals surface area contributed by atoms with Crippen molar-refractivity contribution >= 4 is 40.2 Å². The molecule has 1 aromatic heterocycles. The fourth-order valence-corrected chi connectivity index (χ4v) is 4.84. The van der Waals surface area contributed by atoms with Crippen molar-refractivity contribution in [3.63, 3.8) is 0 Å². The van der Waals surface area contributed by atoms with Crippen molar-refractivity contribution in [2.45, 2.75) is 25.9 Å². The van der Waals surface area contributed by atoms with Crippen molar-refractivity contribution in [1.29, 1.82) is 0 Å². The molecule has 2 heterocycles. The van der Waals surface area contributed by atoms with E-state index in [-0.39, 0.29) is 25.2 Å². The van der Waals surface area contributed by atoms with E-state index < -0.39 is 17.9 Å². The number of amides is 1. The number of anilines is 1. The number of esters is 1. The van der Waals surface area contributed by atoms with Crippen molar-refractivity contribution in [2.75, 3.05) is 31.6 Å². The average molecular weight is 555 g/mol. The molecule has 2 aromatic carbocycles. The number of carbonyl (C=O) groups excluding carboxylic acids is 2. The summed E-state index contributed by atoms with van der Waals surface area (Å²) in [6.07, 6.45) is 2.24. The molecule has 11 heteroatoms. The molecular formula is C28H30N2O8S. The third-order valence-electron chi connectivity index (χ3n) is 5.69. The van der Waals surface area contributed by atoms with E-state index in [1.165, 1.54) is 11.3 Å². The van der Waals surface area contributed by atoms with Crippen LogP contribution in [-0.2, 0) is 23.9 Å². The van der Waals surface area contributed by atoms with E-state index in [1.807, 2.05) is 47.8 Å². The lowest BCUT2D eigenvalue weighted by atomic mass is 9.99. The lowest BCUT2D eigenvalue weighted by molar-refractivity contribution is -0.159. The Bertz CT molecular complexity index is 1260. The summed E-state index contributed by atoms with van der Waals surface area (Å²) in [6.45, 7) is 3.61. The van der Waals surface area contributed by atoms with E-state index in [2.05, 4.69) is 22.8 Å². The Hall–Kier alpha value is -4.06. The number of nitrogens with one attached hydrogen (secondary N) is 2. The highest BCUT2D eigenvalue weighted by Gasteiger charge is 2.23. The van der Waals surface area contributed by atoms with Gasteiger partial charge in [-0.15, -0.1) is 11.3 Å². The standard InChI is InChI=1S/C26H28N2O4S.C2H2O4/c1-2-31-26(30)24-22(20-12-10-19(11-13-20)18-7-4-3-5-8-18)17-33-25(24)28-23(29)16-27-15-21-9-6-14-32-21;3-1(4)2(5)6/h3-5,7-8,10-13,17,21,27H,2,6,9,14-16H2,1H3,(H,28,29);(H,3,4)(H,5,6). The van der Waals surface area contributed by atoms with Crippen LogP contribution in [0.15, 0.2) is 60.0 Å². The van der Waals surface area contributed by atoms with Gasteiger partial charge in [0.2, 0.25) is 5.91 Å². The van der Waals surface area contributed by atoms with Gasteiger partial charge in [-0.2, -0.15) is 0 Å². The molecule has 1 saturated heterocycles. The van der Waals surface area contributed by atoms with Crippen molar-refractivity contribution in [3.05, 3.63) is 65.5 Å². The van der Waals surface area contributed by atoms with Crippen LogP contribution in [0.1, 0.15) is 30.1 Å². The average Bonchev–Trinajstić information content (AvgIpc) is 3.60. The molecule has 4 rings (SSSR count). The normalized spacial score (nSPS) is 14.1. The number of carbonyl (C=O) groups is 4. The molecule has 1 atom stereocenters. The zero-order valence-electron chi connectivity index (χ0n) is 21.3. The fraction of sp³-hybridized carbons (Fsp3) is 0.286. The highest BCUT2D eigenvalue weighted by Crippen LogP contribution is 2.37. The summed E-state index contributed by atoms with van der Waals surface area (Å²) in [7, 11) is 0. The van der Waals surface area contributed by atoms with Crippen LogP contribution in [-0.4, -0.2) is 66.4 Å². The summed E-state index contributed by atoms with van der Waals surface area (Å²) in [5.41, 5.74) is 4.26. The van der Waals surface area contributed by atoms with Gasteiger partial charge in [-0.3, -0.25) is 4.79 Å². The van der Waals surface area contributed by atoms with E-state index >= 15 is 0 Å². The van der Waals surface area contributed by atoms with Crippen molar-refractivity contribution in [1.82, 2.24) is 5.32 Å². The van der Waals surface area contributed by atoms with Crippen LogP contribution in [0, 0.1) is 0 Å². The third kappa shape index (κ3) is 8.74. The van der Waals surface area contributed by atoms with Crippen LogP contribution in [0.25, 0.3) is 22.3 Å². The number of benzene rings is 2. The number of rotatable bonds is 9. The quantitative estimate of drug-likeness (QED) is 0.226. The minimum atomic E-state index is -1.82. The van der Waals surface area contributed by atoms with Crippen LogP contribution >= 0.6 is 11.3 Å². The van der Waals surface area contributed by atoms with E-state index in [9.17, 15) is 9.59 Å². The molecule has 1 aliphatic rings. The van der Waals surface area contributed by atoms with Crippen molar-refractivity contribution in [3.8, 4) is 22.3 Å². The number of hydrogen-bond acceptors (Lipinski definition) is 8. The first-order valence-electron chi connectivity index (χ1n) is 12.3. The van der Waals surface area contributed by atoms with E-state index in [4.69, 9.17) is 29.3 Å². The Balaban J connectivity index is 0.000000631. The molecule has 1 unspecified atom stereocenters. The topological polar surface area (TPSA) is 151 Å². The van der Waals surface area contributed by atoms with Crippen molar-refractivity contribution in [2.24, 2.45) is 0 Å². The number of aliphatic carboxylic acids is 2. The van der Waals surface area contributed by atoms with Gasteiger partial charge in [-0.05, 0) is 36.5 Å². The molecule has 0 saturated carbocycles. The first-order chi connectivity index (χ1) is 18.8. The Labute approximate surface area is 229 Å². The Kier molecular flexibility index (Phi) is 11.2.